The highest BCUT2D eigenvalue weighted by Gasteiger charge is 2.06. The van der Waals surface area contributed by atoms with Crippen LogP contribution in [0.3, 0.4) is 0 Å². The van der Waals surface area contributed by atoms with Gasteiger partial charge in [-0.25, -0.2) is 9.97 Å². The van der Waals surface area contributed by atoms with E-state index >= 15 is 0 Å². The van der Waals surface area contributed by atoms with E-state index in [2.05, 4.69) is 9.97 Å². The average molecular weight is 177 g/mol. The van der Waals surface area contributed by atoms with Crippen LogP contribution in [0.2, 0.25) is 0 Å². The number of ether oxygens (including phenoxy) is 1. The van der Waals surface area contributed by atoms with E-state index in [1.54, 1.807) is 6.20 Å². The minimum atomic E-state index is 0.313. The molecule has 0 saturated carbocycles. The molecule has 13 heavy (non-hydrogen) atoms. The lowest BCUT2D eigenvalue weighted by atomic mass is 10.2. The zero-order chi connectivity index (χ0) is 9.10. The number of hydrogen-bond donors (Lipinski definition) is 1. The number of nitrogens with two attached hydrogens (primary N) is 1. The summed E-state index contributed by atoms with van der Waals surface area (Å²) in [6.45, 7) is 1.52. The Morgan fingerprint density at radius 1 is 1.54 bits per heavy atom. The first-order valence-electron chi connectivity index (χ1n) is 4.20. The molecule has 0 atom stereocenters. The van der Waals surface area contributed by atoms with Crippen molar-refractivity contribution in [2.45, 2.75) is 6.42 Å². The number of rotatable bonds is 1. The van der Waals surface area contributed by atoms with Gasteiger partial charge in [-0.1, -0.05) is 0 Å². The molecule has 0 radical (unpaired) electrons. The van der Waals surface area contributed by atoms with Gasteiger partial charge in [0.1, 0.15) is 0 Å². The summed E-state index contributed by atoms with van der Waals surface area (Å²) in [7, 11) is 0. The topological polar surface area (TPSA) is 61.0 Å². The first-order valence-corrected chi connectivity index (χ1v) is 4.20. The third-order valence-electron chi connectivity index (χ3n) is 1.90. The van der Waals surface area contributed by atoms with Crippen molar-refractivity contribution in [1.29, 1.82) is 0 Å². The number of nitrogens with zero attached hydrogens (tertiary/aromatic N) is 2. The summed E-state index contributed by atoms with van der Waals surface area (Å²) >= 11 is 0. The molecule has 68 valence electrons. The Morgan fingerprint density at radius 2 is 2.46 bits per heavy atom. The molecule has 1 aliphatic heterocycles. The fourth-order valence-corrected chi connectivity index (χ4v) is 1.27. The molecule has 1 fully saturated rings. The van der Waals surface area contributed by atoms with Crippen LogP contribution in [0.4, 0.5) is 5.95 Å². The molecule has 4 nitrogen and oxygen atoms in total. The Kier molecular flexibility index (Phi) is 2.23. The van der Waals surface area contributed by atoms with Crippen LogP contribution >= 0.6 is 0 Å². The Bertz CT molecular complexity index is 327. The van der Waals surface area contributed by atoms with Crippen molar-refractivity contribution in [3.63, 3.8) is 0 Å². The molecule has 0 bridgehead atoms. The minimum Gasteiger partial charge on any atom is -0.377 e. The maximum Gasteiger partial charge on any atom is 0.220 e. The van der Waals surface area contributed by atoms with Gasteiger partial charge in [0.15, 0.2) is 0 Å². The summed E-state index contributed by atoms with van der Waals surface area (Å²) in [6, 6.07) is 1.84. The van der Waals surface area contributed by atoms with E-state index in [1.165, 1.54) is 5.57 Å². The summed E-state index contributed by atoms with van der Waals surface area (Å²) in [4.78, 5) is 7.89. The van der Waals surface area contributed by atoms with Crippen LogP contribution in [-0.4, -0.2) is 23.2 Å². The van der Waals surface area contributed by atoms with Crippen LogP contribution in [0, 0.1) is 0 Å². The molecule has 2 rings (SSSR count). The first kappa shape index (κ1) is 8.19. The molecule has 1 aromatic rings. The van der Waals surface area contributed by atoms with Gasteiger partial charge in [0.25, 0.3) is 0 Å². The Hall–Kier alpha value is -1.42. The zero-order valence-corrected chi connectivity index (χ0v) is 7.23. The molecule has 1 aliphatic rings. The highest BCUT2D eigenvalue weighted by Crippen LogP contribution is 2.14. The van der Waals surface area contributed by atoms with Crippen LogP contribution in [0.5, 0.6) is 0 Å². The maximum absolute atomic E-state index is 5.45. The predicted molar refractivity (Wildman–Crippen MR) is 49.9 cm³/mol. The summed E-state index contributed by atoms with van der Waals surface area (Å²) in [6.07, 6.45) is 4.65. The number of nitrogen functional groups attached to an aromatic ring is 1. The van der Waals surface area contributed by atoms with Crippen LogP contribution in [0.25, 0.3) is 6.08 Å². The smallest absolute Gasteiger partial charge is 0.220 e. The van der Waals surface area contributed by atoms with Crippen LogP contribution < -0.4 is 5.73 Å². The van der Waals surface area contributed by atoms with E-state index in [0.29, 0.717) is 12.6 Å². The molecule has 0 amide bonds. The lowest BCUT2D eigenvalue weighted by Crippen LogP contribution is -1.95. The molecule has 0 spiro atoms. The maximum atomic E-state index is 5.45. The average Bonchev–Trinajstić information content (AvgIpc) is 2.57. The van der Waals surface area contributed by atoms with Crippen molar-refractivity contribution in [3.8, 4) is 0 Å². The van der Waals surface area contributed by atoms with Crippen molar-refractivity contribution in [3.05, 3.63) is 23.5 Å². The largest absolute Gasteiger partial charge is 0.377 e. The normalized spacial score (nSPS) is 19.5. The molecular formula is C9H11N3O. The lowest BCUT2D eigenvalue weighted by Gasteiger charge is -1.95. The Labute approximate surface area is 76.5 Å². The quantitative estimate of drug-likeness (QED) is 0.691. The van der Waals surface area contributed by atoms with E-state index in [4.69, 9.17) is 10.5 Å². The van der Waals surface area contributed by atoms with Gasteiger partial charge in [0.05, 0.1) is 18.9 Å². The van der Waals surface area contributed by atoms with Crippen LogP contribution in [-0.2, 0) is 4.74 Å². The molecule has 0 unspecified atom stereocenters. The van der Waals surface area contributed by atoms with Crippen LogP contribution in [0.15, 0.2) is 17.8 Å². The number of aromatic nitrogens is 2. The van der Waals surface area contributed by atoms with Gasteiger partial charge in [0, 0.05) is 6.20 Å². The predicted octanol–water partition coefficient (Wildman–Crippen LogP) is 0.862. The van der Waals surface area contributed by atoms with Gasteiger partial charge in [-0.05, 0) is 24.1 Å². The SMILES string of the molecule is Nc1nccc(/C=C2\CCOC2)n1. The number of hydrogen-bond acceptors (Lipinski definition) is 4. The highest BCUT2D eigenvalue weighted by atomic mass is 16.5. The van der Waals surface area contributed by atoms with Crippen LogP contribution in [0.1, 0.15) is 12.1 Å². The van der Waals surface area contributed by atoms with Gasteiger partial charge >= 0.3 is 0 Å². The van der Waals surface area contributed by atoms with Crippen molar-refractivity contribution < 1.29 is 4.74 Å². The van der Waals surface area contributed by atoms with Crippen molar-refractivity contribution in [2.24, 2.45) is 0 Å². The molecule has 0 aliphatic carbocycles. The third-order valence-corrected chi connectivity index (χ3v) is 1.90. The Morgan fingerprint density at radius 3 is 3.15 bits per heavy atom. The molecule has 1 aromatic heterocycles. The third kappa shape index (κ3) is 2.03. The van der Waals surface area contributed by atoms with E-state index in [0.717, 1.165) is 18.7 Å². The fourth-order valence-electron chi connectivity index (χ4n) is 1.27. The fraction of sp³-hybridized carbons (Fsp3) is 0.333. The van der Waals surface area contributed by atoms with Gasteiger partial charge in [0.2, 0.25) is 5.95 Å². The van der Waals surface area contributed by atoms with E-state index in [-0.39, 0.29) is 0 Å². The van der Waals surface area contributed by atoms with Gasteiger partial charge in [-0.2, -0.15) is 0 Å². The standard InChI is InChI=1S/C9H11N3O/c10-9-11-3-1-8(12-9)5-7-2-4-13-6-7/h1,3,5H,2,4,6H2,(H2,10,11,12)/b7-5+. The second-order valence-corrected chi connectivity index (χ2v) is 2.94. The monoisotopic (exact) mass is 177 g/mol. The van der Waals surface area contributed by atoms with Crippen molar-refractivity contribution in [1.82, 2.24) is 9.97 Å². The summed E-state index contributed by atoms with van der Waals surface area (Å²) in [5.41, 5.74) is 7.57. The molecule has 2 N–H and O–H groups in total. The second kappa shape index (κ2) is 3.53. The lowest BCUT2D eigenvalue weighted by molar-refractivity contribution is 0.205. The number of anilines is 1. The Balaban J connectivity index is 2.21. The molecule has 4 heteroatoms. The first-order chi connectivity index (χ1) is 6.34. The van der Waals surface area contributed by atoms with Gasteiger partial charge in [-0.3, -0.25) is 0 Å². The van der Waals surface area contributed by atoms with Crippen molar-refractivity contribution >= 4 is 12.0 Å². The molecule has 1 saturated heterocycles. The molecular weight excluding hydrogens is 166 g/mol. The summed E-state index contributed by atoms with van der Waals surface area (Å²) in [5.74, 6) is 0.313. The van der Waals surface area contributed by atoms with E-state index in [9.17, 15) is 0 Å². The highest BCUT2D eigenvalue weighted by molar-refractivity contribution is 5.50. The summed E-state index contributed by atoms with van der Waals surface area (Å²) in [5, 5.41) is 0. The van der Waals surface area contributed by atoms with Gasteiger partial charge < -0.3 is 10.5 Å². The van der Waals surface area contributed by atoms with Crippen molar-refractivity contribution in [2.75, 3.05) is 18.9 Å². The second-order valence-electron chi connectivity index (χ2n) is 2.94. The zero-order valence-electron chi connectivity index (χ0n) is 7.23. The summed E-state index contributed by atoms with van der Waals surface area (Å²) < 4.78 is 5.22. The molecule has 2 heterocycles. The van der Waals surface area contributed by atoms with E-state index < -0.39 is 0 Å². The molecule has 0 aromatic carbocycles. The van der Waals surface area contributed by atoms with E-state index in [1.807, 2.05) is 12.1 Å². The van der Waals surface area contributed by atoms with Gasteiger partial charge in [-0.15, -0.1) is 0 Å². The minimum absolute atomic E-state index is 0.313.